The van der Waals surface area contributed by atoms with Crippen molar-refractivity contribution in [3.63, 3.8) is 0 Å². The van der Waals surface area contributed by atoms with Gasteiger partial charge in [-0.2, -0.15) is 8.78 Å². The second-order valence-corrected chi connectivity index (χ2v) is 11.7. The van der Waals surface area contributed by atoms with Gasteiger partial charge in [0.05, 0.1) is 5.92 Å². The molecular weight excluding hydrogens is 445 g/mol. The van der Waals surface area contributed by atoms with Crippen LogP contribution in [0.3, 0.4) is 0 Å². The molecule has 0 bridgehead atoms. The van der Waals surface area contributed by atoms with E-state index >= 15 is 0 Å². The summed E-state index contributed by atoms with van der Waals surface area (Å²) in [5.41, 5.74) is 0. The highest BCUT2D eigenvalue weighted by molar-refractivity contribution is 5.22. The van der Waals surface area contributed by atoms with Gasteiger partial charge in [-0.05, 0) is 131 Å². The maximum atomic E-state index is 14.7. The van der Waals surface area contributed by atoms with Crippen molar-refractivity contribution in [2.24, 2.45) is 35.5 Å². The lowest BCUT2D eigenvalue weighted by molar-refractivity contribution is -0.224. The van der Waals surface area contributed by atoms with E-state index < -0.39 is 17.8 Å². The van der Waals surface area contributed by atoms with Gasteiger partial charge in [-0.3, -0.25) is 0 Å². The molecule has 3 saturated carbocycles. The van der Waals surface area contributed by atoms with Crippen LogP contribution in [-0.2, 0) is 0 Å². The Morgan fingerprint density at radius 1 is 0.771 bits per heavy atom. The molecule has 3 aliphatic rings. The van der Waals surface area contributed by atoms with Crippen LogP contribution in [0.1, 0.15) is 103 Å². The molecule has 0 heterocycles. The lowest BCUT2D eigenvalue weighted by atomic mass is 9.69. The van der Waals surface area contributed by atoms with Crippen LogP contribution in [0.5, 0.6) is 5.75 Å². The van der Waals surface area contributed by atoms with Crippen molar-refractivity contribution in [1.82, 2.24) is 0 Å². The Balaban J connectivity index is 1.15. The van der Waals surface area contributed by atoms with Crippen molar-refractivity contribution in [3.05, 3.63) is 42.2 Å². The average Bonchev–Trinajstić information content (AvgIpc) is 2.88. The Labute approximate surface area is 210 Å². The van der Waals surface area contributed by atoms with Gasteiger partial charge in [-0.15, -0.1) is 0 Å². The van der Waals surface area contributed by atoms with Crippen LogP contribution in [0, 0.1) is 41.3 Å². The predicted octanol–water partition coefficient (Wildman–Crippen LogP) is 9.96. The summed E-state index contributed by atoms with van der Waals surface area (Å²) < 4.78 is 47.4. The van der Waals surface area contributed by atoms with Crippen LogP contribution in [0.25, 0.3) is 0 Å². The Kier molecular flexibility index (Phi) is 9.64. The molecule has 196 valence electrons. The number of halogens is 3. The highest BCUT2D eigenvalue weighted by Gasteiger charge is 2.45. The SMILES string of the molecule is CCCCC1CCC(/C=C/C2CCC(C3CCC(C(F)(F)Oc4ccc(F)cc4)CC3)CC2)CC1. The van der Waals surface area contributed by atoms with Gasteiger partial charge in [0.25, 0.3) is 0 Å². The molecule has 0 N–H and O–H groups in total. The monoisotopic (exact) mass is 490 g/mol. The van der Waals surface area contributed by atoms with Crippen LogP contribution in [0.15, 0.2) is 36.4 Å². The zero-order valence-electron chi connectivity index (χ0n) is 21.6. The maximum Gasteiger partial charge on any atom is 0.400 e. The molecule has 4 rings (SSSR count). The summed E-state index contributed by atoms with van der Waals surface area (Å²) in [6.45, 7) is 2.29. The van der Waals surface area contributed by atoms with Crippen LogP contribution in [0.2, 0.25) is 0 Å². The summed E-state index contributed by atoms with van der Waals surface area (Å²) in [6.07, 6.45) is 19.4. The van der Waals surface area contributed by atoms with Crippen molar-refractivity contribution in [2.75, 3.05) is 0 Å². The Morgan fingerprint density at radius 2 is 1.29 bits per heavy atom. The van der Waals surface area contributed by atoms with Gasteiger partial charge in [0.2, 0.25) is 0 Å². The largest absolute Gasteiger partial charge is 0.432 e. The van der Waals surface area contributed by atoms with Gasteiger partial charge in [-0.1, -0.05) is 38.3 Å². The number of hydrogen-bond donors (Lipinski definition) is 0. The molecule has 0 unspecified atom stereocenters. The van der Waals surface area contributed by atoms with Crippen LogP contribution < -0.4 is 4.74 Å². The number of ether oxygens (including phenoxy) is 1. The summed E-state index contributed by atoms with van der Waals surface area (Å²) in [4.78, 5) is 0. The van der Waals surface area contributed by atoms with Crippen LogP contribution in [-0.4, -0.2) is 6.11 Å². The molecule has 0 radical (unpaired) electrons. The Hall–Kier alpha value is -1.45. The summed E-state index contributed by atoms with van der Waals surface area (Å²) in [6, 6.07) is 4.88. The molecule has 0 spiro atoms. The molecule has 1 nitrogen and oxygen atoms in total. The smallest absolute Gasteiger partial charge is 0.400 e. The second-order valence-electron chi connectivity index (χ2n) is 11.7. The minimum atomic E-state index is -3.19. The van der Waals surface area contributed by atoms with Gasteiger partial charge in [-0.25, -0.2) is 4.39 Å². The molecule has 35 heavy (non-hydrogen) atoms. The number of unbranched alkanes of at least 4 members (excludes halogenated alkanes) is 1. The molecule has 1 aromatic carbocycles. The van der Waals surface area contributed by atoms with Crippen molar-refractivity contribution in [1.29, 1.82) is 0 Å². The Bertz CT molecular complexity index is 765. The van der Waals surface area contributed by atoms with E-state index in [1.807, 2.05) is 0 Å². The van der Waals surface area contributed by atoms with E-state index in [0.29, 0.717) is 30.6 Å². The van der Waals surface area contributed by atoms with Crippen molar-refractivity contribution in [2.45, 2.75) is 109 Å². The van der Waals surface area contributed by atoms with E-state index in [0.717, 1.165) is 36.8 Å². The van der Waals surface area contributed by atoms with Crippen LogP contribution in [0.4, 0.5) is 13.2 Å². The third-order valence-electron chi connectivity index (χ3n) is 9.31. The summed E-state index contributed by atoms with van der Waals surface area (Å²) in [5, 5.41) is 0. The standard InChI is InChI=1S/C31H45F3O/c1-2-3-4-23-5-7-24(8-6-23)9-10-25-11-13-26(14-12-25)27-15-17-28(18-16-27)31(33,34)35-30-21-19-29(32)20-22-30/h9-10,19-28H,2-8,11-18H2,1H3/b10-9+. The van der Waals surface area contributed by atoms with Gasteiger partial charge in [0.15, 0.2) is 0 Å². The third-order valence-corrected chi connectivity index (χ3v) is 9.31. The van der Waals surface area contributed by atoms with Crippen molar-refractivity contribution < 1.29 is 17.9 Å². The molecule has 0 saturated heterocycles. The van der Waals surface area contributed by atoms with E-state index in [1.165, 1.54) is 82.8 Å². The minimum absolute atomic E-state index is 0.0365. The van der Waals surface area contributed by atoms with E-state index in [4.69, 9.17) is 4.74 Å². The molecule has 0 aliphatic heterocycles. The van der Waals surface area contributed by atoms with E-state index in [1.54, 1.807) is 0 Å². The minimum Gasteiger partial charge on any atom is -0.432 e. The quantitative estimate of drug-likeness (QED) is 0.313. The Morgan fingerprint density at radius 3 is 1.83 bits per heavy atom. The molecule has 0 aromatic heterocycles. The molecular formula is C31H45F3O. The second kappa shape index (κ2) is 12.7. The fourth-order valence-corrected chi connectivity index (χ4v) is 6.96. The molecule has 4 heteroatoms. The molecule has 0 amide bonds. The zero-order chi connectivity index (χ0) is 24.7. The molecule has 1 aromatic rings. The number of alkyl halides is 2. The fraction of sp³-hybridized carbons (Fsp3) is 0.742. The first-order chi connectivity index (χ1) is 16.9. The third kappa shape index (κ3) is 7.76. The van der Waals surface area contributed by atoms with E-state index in [-0.39, 0.29) is 5.75 Å². The zero-order valence-corrected chi connectivity index (χ0v) is 21.6. The number of rotatable bonds is 9. The van der Waals surface area contributed by atoms with Crippen molar-refractivity contribution >= 4 is 0 Å². The van der Waals surface area contributed by atoms with Gasteiger partial charge in [0, 0.05) is 0 Å². The predicted molar refractivity (Wildman–Crippen MR) is 137 cm³/mol. The van der Waals surface area contributed by atoms with Crippen LogP contribution >= 0.6 is 0 Å². The number of allylic oxidation sites excluding steroid dienone is 2. The summed E-state index contributed by atoms with van der Waals surface area (Å²) >= 11 is 0. The molecule has 0 atom stereocenters. The molecule has 3 aliphatic carbocycles. The highest BCUT2D eigenvalue weighted by Crippen LogP contribution is 2.45. The van der Waals surface area contributed by atoms with Gasteiger partial charge in [0.1, 0.15) is 11.6 Å². The van der Waals surface area contributed by atoms with E-state index in [9.17, 15) is 13.2 Å². The van der Waals surface area contributed by atoms with Gasteiger partial charge >= 0.3 is 6.11 Å². The lowest BCUT2D eigenvalue weighted by Gasteiger charge is -2.39. The number of hydrogen-bond acceptors (Lipinski definition) is 1. The first kappa shape index (κ1) is 26.6. The first-order valence-corrected chi connectivity index (χ1v) is 14.4. The summed E-state index contributed by atoms with van der Waals surface area (Å²) in [5.74, 6) is 2.59. The van der Waals surface area contributed by atoms with E-state index in [2.05, 4.69) is 19.1 Å². The van der Waals surface area contributed by atoms with Gasteiger partial charge < -0.3 is 4.74 Å². The lowest BCUT2D eigenvalue weighted by Crippen LogP contribution is -2.38. The summed E-state index contributed by atoms with van der Waals surface area (Å²) in [7, 11) is 0. The highest BCUT2D eigenvalue weighted by atomic mass is 19.3. The normalized spacial score (nSPS) is 32.6. The fourth-order valence-electron chi connectivity index (χ4n) is 6.96. The average molecular weight is 491 g/mol. The number of benzene rings is 1. The maximum absolute atomic E-state index is 14.7. The molecule has 3 fully saturated rings. The first-order valence-electron chi connectivity index (χ1n) is 14.4. The topological polar surface area (TPSA) is 9.23 Å². The van der Waals surface area contributed by atoms with Crippen molar-refractivity contribution in [3.8, 4) is 5.75 Å².